The van der Waals surface area contributed by atoms with Crippen molar-refractivity contribution in [3.8, 4) is 0 Å². The summed E-state index contributed by atoms with van der Waals surface area (Å²) in [6, 6.07) is 1.86. The number of aromatic nitrogens is 1. The number of nitrogens with zero attached hydrogens (tertiary/aromatic N) is 1. The molecular weight excluding hydrogens is 324 g/mol. The summed E-state index contributed by atoms with van der Waals surface area (Å²) in [6.07, 6.45) is 6.83. The standard InChI is InChI=1S/C14H17BrN2O3/c15-11-6-10(8-16-9-11)13(18)17-12-2-1-3-14(7-12)19-4-5-20-14/h6,8-9,12H,1-5,7H2,(H,17,18)/t12-/m1/s1. The van der Waals surface area contributed by atoms with Gasteiger partial charge in [-0.05, 0) is 34.8 Å². The molecule has 1 aliphatic carbocycles. The minimum Gasteiger partial charge on any atom is -0.349 e. The first-order valence-electron chi connectivity index (χ1n) is 6.86. The molecular formula is C14H17BrN2O3. The molecule has 108 valence electrons. The second-order valence-electron chi connectivity index (χ2n) is 5.27. The third-order valence-electron chi connectivity index (χ3n) is 3.78. The Morgan fingerprint density at radius 2 is 2.20 bits per heavy atom. The predicted molar refractivity (Wildman–Crippen MR) is 76.3 cm³/mol. The molecule has 5 nitrogen and oxygen atoms in total. The molecule has 1 aromatic rings. The van der Waals surface area contributed by atoms with Crippen LogP contribution in [-0.4, -0.2) is 35.9 Å². The lowest BCUT2D eigenvalue weighted by molar-refractivity contribution is -0.181. The van der Waals surface area contributed by atoms with E-state index in [2.05, 4.69) is 26.2 Å². The van der Waals surface area contributed by atoms with Gasteiger partial charge in [0.2, 0.25) is 0 Å². The number of ether oxygens (including phenoxy) is 2. The van der Waals surface area contributed by atoms with Gasteiger partial charge >= 0.3 is 0 Å². The monoisotopic (exact) mass is 340 g/mol. The summed E-state index contributed by atoms with van der Waals surface area (Å²) >= 11 is 3.32. The first-order chi connectivity index (χ1) is 9.67. The number of hydrogen-bond donors (Lipinski definition) is 1. The van der Waals surface area contributed by atoms with Gasteiger partial charge < -0.3 is 14.8 Å². The molecule has 2 fully saturated rings. The fourth-order valence-corrected chi connectivity index (χ4v) is 3.25. The molecule has 2 heterocycles. The minimum absolute atomic E-state index is 0.0910. The smallest absolute Gasteiger partial charge is 0.253 e. The van der Waals surface area contributed by atoms with Crippen molar-refractivity contribution < 1.29 is 14.3 Å². The second kappa shape index (κ2) is 5.79. The van der Waals surface area contributed by atoms with E-state index in [4.69, 9.17) is 9.47 Å². The molecule has 3 rings (SSSR count). The average Bonchev–Trinajstić information content (AvgIpc) is 2.87. The van der Waals surface area contributed by atoms with Crippen LogP contribution in [0, 0.1) is 0 Å². The fraction of sp³-hybridized carbons (Fsp3) is 0.571. The number of hydrogen-bond acceptors (Lipinski definition) is 4. The summed E-state index contributed by atoms with van der Waals surface area (Å²) < 4.78 is 12.2. The highest BCUT2D eigenvalue weighted by Gasteiger charge is 2.41. The quantitative estimate of drug-likeness (QED) is 0.896. The van der Waals surface area contributed by atoms with Gasteiger partial charge in [-0.2, -0.15) is 0 Å². The largest absolute Gasteiger partial charge is 0.349 e. The highest BCUT2D eigenvalue weighted by molar-refractivity contribution is 9.10. The molecule has 1 N–H and O–H groups in total. The SMILES string of the molecule is O=C(N[C@@H]1CCCC2(C1)OCCO2)c1cncc(Br)c1. The van der Waals surface area contributed by atoms with Gasteiger partial charge in [0.25, 0.3) is 5.91 Å². The zero-order valence-corrected chi connectivity index (χ0v) is 12.7. The van der Waals surface area contributed by atoms with Crippen LogP contribution in [0.5, 0.6) is 0 Å². The normalized spacial score (nSPS) is 24.8. The Bertz CT molecular complexity index is 503. The van der Waals surface area contributed by atoms with Crippen LogP contribution in [0.25, 0.3) is 0 Å². The minimum atomic E-state index is -0.467. The van der Waals surface area contributed by atoms with Gasteiger partial charge in [0.15, 0.2) is 5.79 Å². The van der Waals surface area contributed by atoms with Crippen molar-refractivity contribution in [2.24, 2.45) is 0 Å². The van der Waals surface area contributed by atoms with Gasteiger partial charge in [-0.3, -0.25) is 9.78 Å². The third-order valence-corrected chi connectivity index (χ3v) is 4.22. The van der Waals surface area contributed by atoms with Crippen molar-refractivity contribution in [3.63, 3.8) is 0 Å². The summed E-state index contributed by atoms with van der Waals surface area (Å²) in [5, 5.41) is 3.05. The number of carbonyl (C=O) groups is 1. The molecule has 0 bridgehead atoms. The molecule has 1 atom stereocenters. The Kier molecular flexibility index (Phi) is 4.05. The van der Waals surface area contributed by atoms with Crippen LogP contribution in [0.3, 0.4) is 0 Å². The lowest BCUT2D eigenvalue weighted by Crippen LogP contribution is -2.46. The molecule has 0 radical (unpaired) electrons. The van der Waals surface area contributed by atoms with Crippen LogP contribution in [0.15, 0.2) is 22.9 Å². The highest BCUT2D eigenvalue weighted by atomic mass is 79.9. The predicted octanol–water partition coefficient (Wildman–Crippen LogP) is 2.26. The molecule has 2 aliphatic rings. The highest BCUT2D eigenvalue weighted by Crippen LogP contribution is 2.35. The Labute approximate surface area is 126 Å². The Morgan fingerprint density at radius 3 is 2.95 bits per heavy atom. The molecule has 1 amide bonds. The maximum atomic E-state index is 12.2. The molecule has 0 unspecified atom stereocenters. The Hall–Kier alpha value is -0.980. The second-order valence-corrected chi connectivity index (χ2v) is 6.18. The number of carbonyl (C=O) groups excluding carboxylic acids is 1. The van der Waals surface area contributed by atoms with Crippen molar-refractivity contribution in [1.29, 1.82) is 0 Å². The first kappa shape index (κ1) is 14.0. The lowest BCUT2D eigenvalue weighted by atomic mass is 9.89. The zero-order valence-electron chi connectivity index (χ0n) is 11.1. The van der Waals surface area contributed by atoms with E-state index in [1.165, 1.54) is 0 Å². The Morgan fingerprint density at radius 1 is 1.40 bits per heavy atom. The van der Waals surface area contributed by atoms with Crippen LogP contribution < -0.4 is 5.32 Å². The summed E-state index contributed by atoms with van der Waals surface area (Å²) in [6.45, 7) is 1.30. The van der Waals surface area contributed by atoms with E-state index in [1.807, 2.05) is 0 Å². The maximum Gasteiger partial charge on any atom is 0.253 e. The van der Waals surface area contributed by atoms with E-state index in [-0.39, 0.29) is 11.9 Å². The van der Waals surface area contributed by atoms with E-state index in [1.54, 1.807) is 18.5 Å². The fourth-order valence-electron chi connectivity index (χ4n) is 2.88. The van der Waals surface area contributed by atoms with E-state index in [0.29, 0.717) is 18.8 Å². The van der Waals surface area contributed by atoms with Crippen LogP contribution in [-0.2, 0) is 9.47 Å². The van der Waals surface area contributed by atoms with Gasteiger partial charge in [-0.1, -0.05) is 0 Å². The summed E-state index contributed by atoms with van der Waals surface area (Å²) in [4.78, 5) is 16.2. The van der Waals surface area contributed by atoms with Crippen molar-refractivity contribution >= 4 is 21.8 Å². The van der Waals surface area contributed by atoms with Gasteiger partial charge in [-0.15, -0.1) is 0 Å². The van der Waals surface area contributed by atoms with Crippen molar-refractivity contribution in [2.45, 2.75) is 37.5 Å². The molecule has 1 aromatic heterocycles. The summed E-state index contributed by atoms with van der Waals surface area (Å²) in [7, 11) is 0. The zero-order chi connectivity index (χ0) is 14.0. The number of nitrogens with one attached hydrogen (secondary N) is 1. The topological polar surface area (TPSA) is 60.5 Å². The van der Waals surface area contributed by atoms with Crippen LogP contribution in [0.1, 0.15) is 36.0 Å². The number of amides is 1. The van der Waals surface area contributed by atoms with Crippen LogP contribution in [0.2, 0.25) is 0 Å². The molecule has 1 aliphatic heterocycles. The van der Waals surface area contributed by atoms with Crippen LogP contribution >= 0.6 is 15.9 Å². The molecule has 1 saturated carbocycles. The van der Waals surface area contributed by atoms with Gasteiger partial charge in [0.1, 0.15) is 0 Å². The van der Waals surface area contributed by atoms with Crippen molar-refractivity contribution in [3.05, 3.63) is 28.5 Å². The van der Waals surface area contributed by atoms with E-state index in [0.717, 1.165) is 30.2 Å². The average molecular weight is 341 g/mol. The van der Waals surface area contributed by atoms with Crippen molar-refractivity contribution in [2.75, 3.05) is 13.2 Å². The van der Waals surface area contributed by atoms with E-state index < -0.39 is 5.79 Å². The molecule has 1 spiro atoms. The summed E-state index contributed by atoms with van der Waals surface area (Å²) in [5.74, 6) is -0.565. The summed E-state index contributed by atoms with van der Waals surface area (Å²) in [5.41, 5.74) is 0.562. The molecule has 6 heteroatoms. The number of halogens is 1. The molecule has 20 heavy (non-hydrogen) atoms. The Balaban J connectivity index is 1.64. The number of pyridine rings is 1. The van der Waals surface area contributed by atoms with E-state index >= 15 is 0 Å². The van der Waals surface area contributed by atoms with Crippen molar-refractivity contribution in [1.82, 2.24) is 10.3 Å². The van der Waals surface area contributed by atoms with Crippen LogP contribution in [0.4, 0.5) is 0 Å². The van der Waals surface area contributed by atoms with E-state index in [9.17, 15) is 4.79 Å². The first-order valence-corrected chi connectivity index (χ1v) is 7.66. The van der Waals surface area contributed by atoms with Gasteiger partial charge in [-0.25, -0.2) is 0 Å². The van der Waals surface area contributed by atoms with Gasteiger partial charge in [0.05, 0.1) is 18.8 Å². The molecule has 1 saturated heterocycles. The third kappa shape index (κ3) is 3.02. The van der Waals surface area contributed by atoms with Gasteiger partial charge in [0, 0.05) is 35.7 Å². The number of rotatable bonds is 2. The maximum absolute atomic E-state index is 12.2. The molecule has 0 aromatic carbocycles. The lowest BCUT2D eigenvalue weighted by Gasteiger charge is -2.36.